The Morgan fingerprint density at radius 1 is 0.976 bits per heavy atom. The van der Waals surface area contributed by atoms with Gasteiger partial charge in [0.1, 0.15) is 17.9 Å². The van der Waals surface area contributed by atoms with Gasteiger partial charge in [-0.25, -0.2) is 9.65 Å². The number of nitrogen functional groups attached to an aromatic ring is 1. The van der Waals surface area contributed by atoms with Gasteiger partial charge in [-0.3, -0.25) is 15.0 Å². The third kappa shape index (κ3) is 7.28. The Balaban J connectivity index is 1.62. The Hall–Kier alpha value is -3.82. The first-order valence-corrected chi connectivity index (χ1v) is 14.9. The molecule has 10 nitrogen and oxygen atoms in total. The molecule has 4 rings (SSSR count). The van der Waals surface area contributed by atoms with Crippen molar-refractivity contribution in [2.45, 2.75) is 37.4 Å². The number of carbonyl (C=O) groups excluding carboxylic acids is 2. The lowest BCUT2D eigenvalue weighted by Gasteiger charge is -2.34. The second-order valence-electron chi connectivity index (χ2n) is 9.79. The van der Waals surface area contributed by atoms with Crippen molar-refractivity contribution in [2.24, 2.45) is 5.73 Å². The first-order valence-electron chi connectivity index (χ1n) is 13.4. The quantitative estimate of drug-likeness (QED) is 0.146. The van der Waals surface area contributed by atoms with E-state index in [0.717, 1.165) is 16.7 Å². The number of benzene rings is 3. The fraction of sp³-hybridized carbons (Fsp3) is 0.300. The maximum absolute atomic E-state index is 14.4. The number of amides is 2. The minimum Gasteiger partial charge on any atom is -0.384 e. The second-order valence-corrected chi connectivity index (χ2v) is 11.8. The summed E-state index contributed by atoms with van der Waals surface area (Å²) in [5, 5.41) is 13.4. The van der Waals surface area contributed by atoms with E-state index in [2.05, 4.69) is 10.4 Å². The van der Waals surface area contributed by atoms with Crippen LogP contribution in [0.4, 0.5) is 0 Å². The van der Waals surface area contributed by atoms with Crippen molar-refractivity contribution < 1.29 is 23.2 Å². The van der Waals surface area contributed by atoms with E-state index in [9.17, 15) is 14.2 Å². The van der Waals surface area contributed by atoms with Gasteiger partial charge in [-0.15, -0.1) is 0 Å². The van der Waals surface area contributed by atoms with Crippen molar-refractivity contribution in [3.8, 4) is 0 Å². The van der Waals surface area contributed by atoms with Crippen LogP contribution in [0.3, 0.4) is 0 Å². The van der Waals surface area contributed by atoms with Crippen LogP contribution in [0.2, 0.25) is 0 Å². The van der Waals surface area contributed by atoms with Crippen molar-refractivity contribution >= 4 is 25.4 Å². The summed E-state index contributed by atoms with van der Waals surface area (Å²) in [6.07, 6.45) is 1.15. The van der Waals surface area contributed by atoms with Crippen molar-refractivity contribution in [3.05, 3.63) is 107 Å². The van der Waals surface area contributed by atoms with Crippen LogP contribution in [-0.4, -0.2) is 55.4 Å². The van der Waals surface area contributed by atoms with Crippen molar-refractivity contribution in [2.75, 3.05) is 20.8 Å². The summed E-state index contributed by atoms with van der Waals surface area (Å²) in [6.45, 7) is 0.638. The van der Waals surface area contributed by atoms with Crippen LogP contribution in [-0.2, 0) is 29.7 Å². The minimum absolute atomic E-state index is 0.0281. The molecule has 41 heavy (non-hydrogen) atoms. The number of nitrogens with zero attached hydrogens (tertiary/aromatic N) is 1. The molecule has 0 aromatic heterocycles. The molecule has 5 N–H and O–H groups in total. The predicted octanol–water partition coefficient (Wildman–Crippen LogP) is 3.77. The predicted molar refractivity (Wildman–Crippen MR) is 157 cm³/mol. The van der Waals surface area contributed by atoms with Gasteiger partial charge in [-0.05, 0) is 29.5 Å². The monoisotopic (exact) mass is 577 g/mol. The van der Waals surface area contributed by atoms with Crippen LogP contribution in [0.25, 0.3) is 0 Å². The van der Waals surface area contributed by atoms with E-state index in [4.69, 9.17) is 20.2 Å². The third-order valence-corrected chi connectivity index (χ3v) is 8.82. The van der Waals surface area contributed by atoms with Gasteiger partial charge in [0.15, 0.2) is 0 Å². The number of amidine groups is 1. The maximum Gasteiger partial charge on any atom is 0.405 e. The van der Waals surface area contributed by atoms with E-state index in [-0.39, 0.29) is 24.2 Å². The average Bonchev–Trinajstić information content (AvgIpc) is 3.51. The Kier molecular flexibility index (Phi) is 10.1. The van der Waals surface area contributed by atoms with E-state index in [0.29, 0.717) is 24.9 Å². The van der Waals surface area contributed by atoms with Crippen molar-refractivity contribution in [1.82, 2.24) is 15.3 Å². The Labute approximate surface area is 240 Å². The molecule has 3 aromatic rings. The van der Waals surface area contributed by atoms with Gasteiger partial charge in [-0.2, -0.15) is 0 Å². The number of nitrogens with one attached hydrogen (secondary N) is 3. The van der Waals surface area contributed by atoms with E-state index >= 15 is 0 Å². The standard InChI is InChI=1S/C30H36N5O5P/c1-39-41(38,40-2)34-27(26(22-10-5-3-6-11-22)23-12-7-4-8-13-23)30(37)35-19-9-14-25(35)29(36)33-20-21-15-17-24(18-16-21)28(31)32/h3-8,10-13,15-18,25-27H,9,14,19-20H2,1-2H3,(H3,31,32)(H,33,36)(H,34,38)/t25-,27+/m0/s1. The van der Waals surface area contributed by atoms with Crippen molar-refractivity contribution in [3.63, 3.8) is 0 Å². The fourth-order valence-electron chi connectivity index (χ4n) is 5.11. The highest BCUT2D eigenvalue weighted by atomic mass is 31.2. The fourth-order valence-corrected chi connectivity index (χ4v) is 6.07. The third-order valence-electron chi connectivity index (χ3n) is 7.26. The largest absolute Gasteiger partial charge is 0.405 e. The summed E-state index contributed by atoms with van der Waals surface area (Å²) in [6, 6.07) is 24.3. The molecule has 1 heterocycles. The Morgan fingerprint density at radius 2 is 1.54 bits per heavy atom. The summed E-state index contributed by atoms with van der Waals surface area (Å²) in [5.74, 6) is -1.23. The van der Waals surface area contributed by atoms with Crippen LogP contribution in [0.5, 0.6) is 0 Å². The molecule has 2 amide bonds. The first kappa shape index (κ1) is 30.1. The summed E-state index contributed by atoms with van der Waals surface area (Å²) >= 11 is 0. The summed E-state index contributed by atoms with van der Waals surface area (Å²) < 4.78 is 23.7. The molecule has 2 atom stereocenters. The van der Waals surface area contributed by atoms with Crippen molar-refractivity contribution in [1.29, 1.82) is 5.41 Å². The zero-order valence-corrected chi connectivity index (χ0v) is 24.1. The number of likely N-dealkylation sites (tertiary alicyclic amines) is 1. The minimum atomic E-state index is -3.86. The van der Waals surface area contributed by atoms with Gasteiger partial charge in [-0.1, -0.05) is 84.9 Å². The number of nitrogens with two attached hydrogens (primary N) is 1. The zero-order valence-electron chi connectivity index (χ0n) is 23.2. The second kappa shape index (κ2) is 13.7. The van der Waals surface area contributed by atoms with Crippen LogP contribution in [0.1, 0.15) is 41.0 Å². The highest BCUT2D eigenvalue weighted by Crippen LogP contribution is 2.45. The van der Waals surface area contributed by atoms with E-state index in [1.165, 1.54) is 14.2 Å². The summed E-state index contributed by atoms with van der Waals surface area (Å²) in [5.41, 5.74) is 8.63. The normalized spacial score (nSPS) is 16.0. The molecule has 1 aliphatic heterocycles. The van der Waals surface area contributed by atoms with Crippen LogP contribution in [0, 0.1) is 5.41 Å². The molecule has 1 aliphatic rings. The van der Waals surface area contributed by atoms with Crippen LogP contribution < -0.4 is 16.1 Å². The number of carbonyl (C=O) groups is 2. The van der Waals surface area contributed by atoms with Gasteiger partial charge < -0.3 is 25.0 Å². The average molecular weight is 578 g/mol. The first-order chi connectivity index (χ1) is 19.8. The van der Waals surface area contributed by atoms with Gasteiger partial charge in [0, 0.05) is 38.8 Å². The molecule has 3 aromatic carbocycles. The number of rotatable bonds is 12. The van der Waals surface area contributed by atoms with Crippen LogP contribution >= 0.6 is 7.75 Å². The lowest BCUT2D eigenvalue weighted by atomic mass is 9.84. The highest BCUT2D eigenvalue weighted by molar-refractivity contribution is 7.51. The molecule has 216 valence electrons. The maximum atomic E-state index is 14.4. The number of hydrogen-bond donors (Lipinski definition) is 4. The zero-order chi connectivity index (χ0) is 29.4. The molecule has 0 unspecified atom stereocenters. The van der Waals surface area contributed by atoms with Crippen LogP contribution in [0.15, 0.2) is 84.9 Å². The summed E-state index contributed by atoms with van der Waals surface area (Å²) in [7, 11) is -1.34. The van der Waals surface area contributed by atoms with Gasteiger partial charge >= 0.3 is 7.75 Å². The molecule has 1 fully saturated rings. The highest BCUT2D eigenvalue weighted by Gasteiger charge is 2.43. The smallest absolute Gasteiger partial charge is 0.384 e. The lowest BCUT2D eigenvalue weighted by molar-refractivity contribution is -0.140. The van der Waals surface area contributed by atoms with Gasteiger partial charge in [0.25, 0.3) is 0 Å². The lowest BCUT2D eigenvalue weighted by Crippen LogP contribution is -2.53. The molecular formula is C30H36N5O5P. The Morgan fingerprint density at radius 3 is 2.05 bits per heavy atom. The molecule has 0 saturated carbocycles. The number of hydrogen-bond acceptors (Lipinski definition) is 6. The Bertz CT molecular complexity index is 1340. The van der Waals surface area contributed by atoms with Gasteiger partial charge in [0.05, 0.1) is 0 Å². The molecule has 0 spiro atoms. The SMILES string of the molecule is COP(=O)(N[C@@H](C(=O)N1CCC[C@H]1C(=O)NCc1ccc(C(=N)N)cc1)C(c1ccccc1)c1ccccc1)OC. The van der Waals surface area contributed by atoms with E-state index in [1.807, 2.05) is 60.7 Å². The molecule has 1 saturated heterocycles. The van der Waals surface area contributed by atoms with E-state index in [1.54, 1.807) is 29.2 Å². The topological polar surface area (TPSA) is 147 Å². The molecule has 0 radical (unpaired) electrons. The molecular weight excluding hydrogens is 541 g/mol. The summed E-state index contributed by atoms with van der Waals surface area (Å²) in [4.78, 5) is 29.3. The van der Waals surface area contributed by atoms with E-state index < -0.39 is 25.7 Å². The van der Waals surface area contributed by atoms with Gasteiger partial charge in [0.2, 0.25) is 11.8 Å². The molecule has 0 aliphatic carbocycles. The molecule has 11 heteroatoms. The molecule has 0 bridgehead atoms.